The fourth-order valence-corrected chi connectivity index (χ4v) is 1.58. The lowest BCUT2D eigenvalue weighted by molar-refractivity contribution is 0.104. The van der Waals surface area contributed by atoms with Crippen LogP contribution in [0.3, 0.4) is 0 Å². The summed E-state index contributed by atoms with van der Waals surface area (Å²) in [7, 11) is 0. The maximum Gasteiger partial charge on any atom is 0.165 e. The van der Waals surface area contributed by atoms with E-state index in [1.807, 2.05) is 6.07 Å². The fourth-order valence-electron chi connectivity index (χ4n) is 1.58. The quantitative estimate of drug-likeness (QED) is 0.803. The summed E-state index contributed by atoms with van der Waals surface area (Å²) in [6.07, 6.45) is 2.52. The van der Waals surface area contributed by atoms with Crippen molar-refractivity contribution < 1.29 is 18.7 Å². The summed E-state index contributed by atoms with van der Waals surface area (Å²) in [4.78, 5) is 0. The van der Waals surface area contributed by atoms with Gasteiger partial charge in [-0.25, -0.2) is 4.39 Å². The Labute approximate surface area is 110 Å². The van der Waals surface area contributed by atoms with Crippen LogP contribution in [0.1, 0.15) is 5.56 Å². The van der Waals surface area contributed by atoms with Gasteiger partial charge in [-0.2, -0.15) is 0 Å². The predicted octanol–water partition coefficient (Wildman–Crippen LogP) is 1.95. The molecule has 102 valence electrons. The Hall–Kier alpha value is -1.85. The third kappa shape index (κ3) is 4.39. The number of ether oxygens (including phenoxy) is 1. The second kappa shape index (κ2) is 6.92. The molecule has 1 aromatic heterocycles. The minimum absolute atomic E-state index is 0.0410. The molecule has 4 nitrogen and oxygen atoms in total. The van der Waals surface area contributed by atoms with E-state index in [-0.39, 0.29) is 12.4 Å². The van der Waals surface area contributed by atoms with Crippen molar-refractivity contribution in [3.8, 4) is 5.75 Å². The molecule has 0 aliphatic rings. The fraction of sp³-hybridized carbons (Fsp3) is 0.286. The zero-order valence-electron chi connectivity index (χ0n) is 10.4. The maximum atomic E-state index is 13.2. The van der Waals surface area contributed by atoms with E-state index in [4.69, 9.17) is 9.15 Å². The number of halogens is 1. The van der Waals surface area contributed by atoms with Crippen LogP contribution in [0.25, 0.3) is 0 Å². The van der Waals surface area contributed by atoms with Crippen LogP contribution in [-0.2, 0) is 6.54 Å². The first kappa shape index (κ1) is 13.6. The molecule has 19 heavy (non-hydrogen) atoms. The van der Waals surface area contributed by atoms with Gasteiger partial charge >= 0.3 is 0 Å². The number of benzene rings is 1. The number of nitrogens with one attached hydrogen (secondary N) is 1. The van der Waals surface area contributed by atoms with Crippen molar-refractivity contribution in [1.82, 2.24) is 5.32 Å². The lowest BCUT2D eigenvalue weighted by Gasteiger charge is -2.13. The number of aliphatic hydroxyl groups is 1. The lowest BCUT2D eigenvalue weighted by atomic mass is 10.3. The van der Waals surface area contributed by atoms with E-state index in [9.17, 15) is 9.50 Å². The van der Waals surface area contributed by atoms with E-state index in [0.29, 0.717) is 13.1 Å². The van der Waals surface area contributed by atoms with Crippen LogP contribution in [0.5, 0.6) is 5.75 Å². The van der Waals surface area contributed by atoms with Crippen LogP contribution in [0, 0.1) is 5.82 Å². The third-order valence-corrected chi connectivity index (χ3v) is 2.56. The molecule has 0 saturated heterocycles. The Morgan fingerprint density at radius 1 is 1.32 bits per heavy atom. The number of para-hydroxylation sites is 1. The molecule has 0 saturated carbocycles. The van der Waals surface area contributed by atoms with Crippen molar-refractivity contribution in [2.75, 3.05) is 13.2 Å². The molecule has 0 amide bonds. The molecule has 0 radical (unpaired) electrons. The Kier molecular flexibility index (Phi) is 4.94. The van der Waals surface area contributed by atoms with Crippen LogP contribution >= 0.6 is 0 Å². The summed E-state index contributed by atoms with van der Waals surface area (Å²) < 4.78 is 23.4. The molecule has 1 heterocycles. The first-order chi connectivity index (χ1) is 9.25. The molecule has 2 aromatic rings. The Bertz CT molecular complexity index is 487. The van der Waals surface area contributed by atoms with E-state index < -0.39 is 11.9 Å². The lowest BCUT2D eigenvalue weighted by Crippen LogP contribution is -2.31. The van der Waals surface area contributed by atoms with Crippen LogP contribution in [0.2, 0.25) is 0 Å². The Balaban J connectivity index is 1.67. The molecular weight excluding hydrogens is 249 g/mol. The number of aliphatic hydroxyl groups excluding tert-OH is 1. The van der Waals surface area contributed by atoms with E-state index in [2.05, 4.69) is 5.32 Å². The van der Waals surface area contributed by atoms with E-state index >= 15 is 0 Å². The van der Waals surface area contributed by atoms with E-state index in [0.717, 1.165) is 5.56 Å². The Morgan fingerprint density at radius 2 is 2.16 bits per heavy atom. The molecule has 1 aromatic carbocycles. The van der Waals surface area contributed by atoms with E-state index in [1.165, 1.54) is 12.1 Å². The standard InChI is InChI=1S/C14H16FNO3/c15-13-3-1-2-4-14(13)19-10-12(17)8-16-7-11-5-6-18-9-11/h1-6,9,12,16-17H,7-8,10H2. The second-order valence-electron chi connectivity index (χ2n) is 4.16. The molecule has 0 spiro atoms. The monoisotopic (exact) mass is 265 g/mol. The topological polar surface area (TPSA) is 54.6 Å². The molecule has 0 aliphatic carbocycles. The summed E-state index contributed by atoms with van der Waals surface area (Å²) >= 11 is 0. The molecule has 2 N–H and O–H groups in total. The second-order valence-corrected chi connectivity index (χ2v) is 4.16. The highest BCUT2D eigenvalue weighted by atomic mass is 19.1. The van der Waals surface area contributed by atoms with Crippen molar-refractivity contribution in [2.24, 2.45) is 0 Å². The van der Waals surface area contributed by atoms with Gasteiger partial charge in [0, 0.05) is 18.7 Å². The summed E-state index contributed by atoms with van der Waals surface area (Å²) in [5, 5.41) is 12.8. The summed E-state index contributed by atoms with van der Waals surface area (Å²) in [5.41, 5.74) is 1.00. The Morgan fingerprint density at radius 3 is 2.89 bits per heavy atom. The first-order valence-electron chi connectivity index (χ1n) is 6.03. The highest BCUT2D eigenvalue weighted by molar-refractivity contribution is 5.23. The first-order valence-corrected chi connectivity index (χ1v) is 6.03. The molecule has 0 fully saturated rings. The summed E-state index contributed by atoms with van der Waals surface area (Å²) in [6.45, 7) is 1.01. The smallest absolute Gasteiger partial charge is 0.165 e. The average Bonchev–Trinajstić information content (AvgIpc) is 2.91. The highest BCUT2D eigenvalue weighted by Crippen LogP contribution is 2.15. The van der Waals surface area contributed by atoms with Crippen molar-refractivity contribution in [3.63, 3.8) is 0 Å². The third-order valence-electron chi connectivity index (χ3n) is 2.56. The zero-order valence-corrected chi connectivity index (χ0v) is 10.4. The van der Waals surface area contributed by atoms with Crippen molar-refractivity contribution in [3.05, 3.63) is 54.2 Å². The molecule has 2 rings (SSSR count). The van der Waals surface area contributed by atoms with Gasteiger partial charge in [0.25, 0.3) is 0 Å². The minimum Gasteiger partial charge on any atom is -0.488 e. The number of furan rings is 1. The molecule has 0 bridgehead atoms. The van der Waals surface area contributed by atoms with Gasteiger partial charge in [0.2, 0.25) is 0 Å². The maximum absolute atomic E-state index is 13.2. The van der Waals surface area contributed by atoms with Gasteiger partial charge in [-0.3, -0.25) is 0 Å². The van der Waals surface area contributed by atoms with Gasteiger partial charge in [-0.1, -0.05) is 12.1 Å². The molecule has 0 aliphatic heterocycles. The number of hydrogen-bond acceptors (Lipinski definition) is 4. The number of hydrogen-bond donors (Lipinski definition) is 2. The van der Waals surface area contributed by atoms with Crippen molar-refractivity contribution >= 4 is 0 Å². The van der Waals surface area contributed by atoms with E-state index in [1.54, 1.807) is 24.7 Å². The minimum atomic E-state index is -0.702. The van der Waals surface area contributed by atoms with Crippen molar-refractivity contribution in [1.29, 1.82) is 0 Å². The van der Waals surface area contributed by atoms with Crippen LogP contribution in [-0.4, -0.2) is 24.4 Å². The molecule has 1 unspecified atom stereocenters. The zero-order chi connectivity index (χ0) is 13.5. The van der Waals surface area contributed by atoms with Crippen LogP contribution < -0.4 is 10.1 Å². The van der Waals surface area contributed by atoms with Gasteiger partial charge in [0.1, 0.15) is 12.7 Å². The van der Waals surface area contributed by atoms with Crippen molar-refractivity contribution in [2.45, 2.75) is 12.6 Å². The molecule has 5 heteroatoms. The number of rotatable bonds is 7. The van der Waals surface area contributed by atoms with Gasteiger partial charge in [-0.15, -0.1) is 0 Å². The van der Waals surface area contributed by atoms with Crippen LogP contribution in [0.15, 0.2) is 47.3 Å². The average molecular weight is 265 g/mol. The van der Waals surface area contributed by atoms with Gasteiger partial charge < -0.3 is 19.6 Å². The van der Waals surface area contributed by atoms with Gasteiger partial charge in [0.05, 0.1) is 12.5 Å². The predicted molar refractivity (Wildman–Crippen MR) is 68.3 cm³/mol. The molecular formula is C14H16FNO3. The van der Waals surface area contributed by atoms with Gasteiger partial charge in [-0.05, 0) is 18.2 Å². The largest absolute Gasteiger partial charge is 0.488 e. The van der Waals surface area contributed by atoms with Crippen LogP contribution in [0.4, 0.5) is 4.39 Å². The SMILES string of the molecule is OC(CNCc1ccoc1)COc1ccccc1F. The summed E-state index contributed by atoms with van der Waals surface area (Å²) in [5.74, 6) is -0.280. The normalized spacial score (nSPS) is 12.3. The van der Waals surface area contributed by atoms with Gasteiger partial charge in [0.15, 0.2) is 11.6 Å². The molecule has 1 atom stereocenters. The highest BCUT2D eigenvalue weighted by Gasteiger charge is 2.07. The summed E-state index contributed by atoms with van der Waals surface area (Å²) in [6, 6.07) is 7.96.